The quantitative estimate of drug-likeness (QED) is 0.0987. The van der Waals surface area contributed by atoms with Crippen LogP contribution in [0.15, 0.2) is 36.4 Å². The van der Waals surface area contributed by atoms with Crippen LogP contribution in [0, 0.1) is 5.92 Å². The van der Waals surface area contributed by atoms with E-state index in [0.29, 0.717) is 35.9 Å². The molecule has 0 spiro atoms. The van der Waals surface area contributed by atoms with Crippen LogP contribution in [-0.2, 0) is 30.1 Å². The van der Waals surface area contributed by atoms with Crippen molar-refractivity contribution in [2.24, 2.45) is 11.7 Å². The number of hydrogen-bond donors (Lipinski definition) is 4. The number of ether oxygens (including phenoxy) is 3. The highest BCUT2D eigenvalue weighted by atomic mass is 28.4. The molecule has 62 heavy (non-hydrogen) atoms. The molecule has 17 heteroatoms. The van der Waals surface area contributed by atoms with E-state index in [9.17, 15) is 24.0 Å². The van der Waals surface area contributed by atoms with Gasteiger partial charge in [0.2, 0.25) is 5.91 Å². The Hall–Kier alpha value is -4.62. The molecule has 346 valence electrons. The minimum atomic E-state index is -2.50. The number of hydrogen-bond acceptors (Lipinski definition) is 10. The smallest absolute Gasteiger partial charge is 0.411 e. The topological polar surface area (TPSA) is 197 Å². The van der Waals surface area contributed by atoms with E-state index in [4.69, 9.17) is 28.8 Å². The van der Waals surface area contributed by atoms with Crippen LogP contribution in [0.25, 0.3) is 0 Å². The summed E-state index contributed by atoms with van der Waals surface area (Å²) in [7, 11) is -3.04. The third-order valence-electron chi connectivity index (χ3n) is 12.3. The normalized spacial score (nSPS) is 15.7. The van der Waals surface area contributed by atoms with Crippen LogP contribution in [0.4, 0.5) is 21.0 Å². The zero-order valence-electron chi connectivity index (χ0n) is 39.6. The highest BCUT2D eigenvalue weighted by Gasteiger charge is 2.48. The summed E-state index contributed by atoms with van der Waals surface area (Å²) in [5.74, 6) is -0.919. The Labute approximate surface area is 371 Å². The van der Waals surface area contributed by atoms with Gasteiger partial charge in [-0.15, -0.1) is 0 Å². The van der Waals surface area contributed by atoms with Crippen LogP contribution >= 0.6 is 0 Å². The van der Waals surface area contributed by atoms with Gasteiger partial charge < -0.3 is 44.3 Å². The number of carbonyl (C=O) groups excluding carboxylic acids is 5. The van der Waals surface area contributed by atoms with Crippen LogP contribution < -0.4 is 30.8 Å². The first kappa shape index (κ1) is 51.7. The fourth-order valence-corrected chi connectivity index (χ4v) is 14.1. The zero-order valence-corrected chi connectivity index (χ0v) is 41.6. The molecule has 1 aliphatic rings. The van der Waals surface area contributed by atoms with E-state index >= 15 is 0 Å². The second kappa shape index (κ2) is 21.6. The third kappa shape index (κ3) is 13.0. The Kier molecular flexibility index (Phi) is 18.1. The molecule has 1 heterocycles. The van der Waals surface area contributed by atoms with Gasteiger partial charge in [-0.3, -0.25) is 19.7 Å². The van der Waals surface area contributed by atoms with Crippen molar-refractivity contribution in [1.82, 2.24) is 10.2 Å². The number of likely N-dealkylation sites (tertiary alicyclic amines) is 1. The molecule has 1 aliphatic heterocycles. The molecular weight excluding hydrogens is 827 g/mol. The number of benzene rings is 2. The lowest BCUT2D eigenvalue weighted by molar-refractivity contribution is -0.134. The molecule has 5 N–H and O–H groups in total. The summed E-state index contributed by atoms with van der Waals surface area (Å²) in [6.07, 6.45) is -1.39. The molecule has 3 rings (SSSR count). The number of rotatable bonds is 19. The van der Waals surface area contributed by atoms with Crippen molar-refractivity contribution < 1.29 is 47.0 Å². The van der Waals surface area contributed by atoms with Crippen molar-refractivity contribution in [2.45, 2.75) is 155 Å². The van der Waals surface area contributed by atoms with Crippen LogP contribution in [0.2, 0.25) is 34.8 Å². The number of nitrogens with zero attached hydrogens (tertiary/aromatic N) is 1. The summed E-state index contributed by atoms with van der Waals surface area (Å²) < 4.78 is 30.1. The number of primary amides is 1. The van der Waals surface area contributed by atoms with Crippen LogP contribution in [-0.4, -0.2) is 89.9 Å². The Balaban J connectivity index is 1.86. The zero-order chi connectivity index (χ0) is 46.9. The van der Waals surface area contributed by atoms with Gasteiger partial charge in [-0.05, 0) is 84.2 Å². The van der Waals surface area contributed by atoms with E-state index in [1.165, 1.54) is 6.92 Å². The summed E-state index contributed by atoms with van der Waals surface area (Å²) in [5, 5.41) is 8.14. The lowest BCUT2D eigenvalue weighted by atomic mass is 10.1. The summed E-state index contributed by atoms with van der Waals surface area (Å²) in [5.41, 5.74) is 7.40. The van der Waals surface area contributed by atoms with E-state index in [1.54, 1.807) is 57.4 Å². The SMILES string of the molecule is COc1cc(C(=O)N2CCC[C@H]2CO[Si](C)(C)C(C)(C)C)c(NC(=O)OCc2ccc(NC(=O)C(C)NC(=O)C(OC(N)=O)C(C)C)cc2)cc1O[Si](C(C)C)(C(C)C)C(C)C. The average Bonchev–Trinajstić information content (AvgIpc) is 3.65. The highest BCUT2D eigenvalue weighted by molar-refractivity contribution is 6.78. The van der Waals surface area contributed by atoms with Crippen LogP contribution in [0.5, 0.6) is 11.5 Å². The summed E-state index contributed by atoms with van der Waals surface area (Å²) in [4.78, 5) is 66.8. The fraction of sp³-hybridized carbons (Fsp3) is 0.622. The fourth-order valence-electron chi connectivity index (χ4n) is 7.78. The van der Waals surface area contributed by atoms with Gasteiger partial charge in [-0.2, -0.15) is 0 Å². The first-order valence-electron chi connectivity index (χ1n) is 21.7. The number of methoxy groups -OCH3 is 1. The van der Waals surface area contributed by atoms with Gasteiger partial charge in [0.05, 0.1) is 31.0 Å². The largest absolute Gasteiger partial charge is 0.540 e. The molecular formula is C45H73N5O10Si2. The van der Waals surface area contributed by atoms with Crippen molar-refractivity contribution in [1.29, 1.82) is 0 Å². The molecule has 0 aliphatic carbocycles. The molecule has 2 aromatic carbocycles. The number of amides is 5. The van der Waals surface area contributed by atoms with Gasteiger partial charge in [0.25, 0.3) is 20.1 Å². The van der Waals surface area contributed by atoms with Gasteiger partial charge in [-0.1, -0.05) is 88.3 Å². The van der Waals surface area contributed by atoms with Crippen LogP contribution in [0.1, 0.15) is 112 Å². The lowest BCUT2D eigenvalue weighted by Crippen LogP contribution is -2.50. The Morgan fingerprint density at radius 3 is 1.97 bits per heavy atom. The van der Waals surface area contributed by atoms with Crippen molar-refractivity contribution in [3.05, 3.63) is 47.5 Å². The maximum Gasteiger partial charge on any atom is 0.411 e. The number of nitrogens with two attached hydrogens (primary N) is 1. The molecule has 5 amide bonds. The molecule has 1 saturated heterocycles. The van der Waals surface area contributed by atoms with Gasteiger partial charge >= 0.3 is 12.2 Å². The maximum absolute atomic E-state index is 14.6. The van der Waals surface area contributed by atoms with Gasteiger partial charge in [-0.25, -0.2) is 9.59 Å². The first-order valence-corrected chi connectivity index (χ1v) is 26.8. The molecule has 2 unspecified atom stereocenters. The summed E-state index contributed by atoms with van der Waals surface area (Å²) in [6.45, 7) is 29.8. The third-order valence-corrected chi connectivity index (χ3v) is 22.8. The Bertz CT molecular complexity index is 1860. The highest BCUT2D eigenvalue weighted by Crippen LogP contribution is 2.46. The number of nitrogens with one attached hydrogen (secondary N) is 3. The average molecular weight is 900 g/mol. The van der Waals surface area contributed by atoms with E-state index in [-0.39, 0.29) is 57.4 Å². The number of carbonyl (C=O) groups is 5. The molecule has 2 aromatic rings. The van der Waals surface area contributed by atoms with Crippen LogP contribution in [0.3, 0.4) is 0 Å². The molecule has 1 fully saturated rings. The first-order chi connectivity index (χ1) is 28.7. The number of anilines is 2. The van der Waals surface area contributed by atoms with Gasteiger partial charge in [0, 0.05) is 18.3 Å². The van der Waals surface area contributed by atoms with E-state index < -0.39 is 52.8 Å². The Morgan fingerprint density at radius 1 is 0.855 bits per heavy atom. The summed E-state index contributed by atoms with van der Waals surface area (Å²) in [6, 6.07) is 8.90. The van der Waals surface area contributed by atoms with Crippen molar-refractivity contribution in [3.63, 3.8) is 0 Å². The standard InChI is InChI=1S/C45H73N5O10Si2/c1-27(2)39(59-43(46)54)41(52)47-31(9)40(51)48-33-20-18-32(19-21-33)25-57-44(55)49-36-24-38(60-62(28(3)4,29(5)6)30(7)8)37(56-13)23-35(36)42(53)50-22-16-17-34(50)26-58-61(14,15)45(10,11)12/h18-21,23-24,27-31,34,39H,16-17,22,25-26H2,1-15H3,(H2,46,54)(H,47,52)(H,48,51)(H,49,55)/t31?,34-,39?/m0/s1. The lowest BCUT2D eigenvalue weighted by Gasteiger charge is -2.42. The van der Waals surface area contributed by atoms with Crippen molar-refractivity contribution in [2.75, 3.05) is 30.9 Å². The van der Waals surface area contributed by atoms with E-state index in [2.05, 4.69) is 91.4 Å². The van der Waals surface area contributed by atoms with E-state index in [1.807, 2.05) is 4.90 Å². The molecule has 0 radical (unpaired) electrons. The van der Waals surface area contributed by atoms with Gasteiger partial charge in [0.1, 0.15) is 18.4 Å². The van der Waals surface area contributed by atoms with E-state index in [0.717, 1.165) is 12.8 Å². The monoisotopic (exact) mass is 899 g/mol. The minimum absolute atomic E-state index is 0.0162. The Morgan fingerprint density at radius 2 is 1.45 bits per heavy atom. The molecule has 0 bridgehead atoms. The molecule has 3 atom stereocenters. The van der Waals surface area contributed by atoms with Crippen molar-refractivity contribution in [3.8, 4) is 11.5 Å². The molecule has 0 saturated carbocycles. The van der Waals surface area contributed by atoms with Crippen molar-refractivity contribution >= 4 is 57.9 Å². The summed E-state index contributed by atoms with van der Waals surface area (Å²) >= 11 is 0. The second-order valence-electron chi connectivity index (χ2n) is 19.1. The predicted octanol–water partition coefficient (Wildman–Crippen LogP) is 9.19. The van der Waals surface area contributed by atoms with Gasteiger partial charge in [0.15, 0.2) is 20.2 Å². The maximum atomic E-state index is 14.6. The molecule has 0 aromatic heterocycles. The minimum Gasteiger partial charge on any atom is -0.540 e. The molecule has 15 nitrogen and oxygen atoms in total. The predicted molar refractivity (Wildman–Crippen MR) is 248 cm³/mol. The second-order valence-corrected chi connectivity index (χ2v) is 29.2.